The van der Waals surface area contributed by atoms with Crippen LogP contribution in [0.1, 0.15) is 10.4 Å². The smallest absolute Gasteiger partial charge is 0.125 e. The summed E-state index contributed by atoms with van der Waals surface area (Å²) in [6.07, 6.45) is 0.969. The number of hydrogen-bond acceptors (Lipinski definition) is 3. The molecule has 4 rings (SSSR count). The minimum Gasteiger partial charge on any atom is -0.497 e. The zero-order valence-electron chi connectivity index (χ0n) is 11.4. The molecule has 0 saturated heterocycles. The number of thiazole rings is 1. The maximum absolute atomic E-state index is 5.33. The molecule has 3 aromatic rings. The van der Waals surface area contributed by atoms with Gasteiger partial charge in [0.05, 0.1) is 12.8 Å². The third-order valence-corrected chi connectivity index (χ3v) is 5.50. The van der Waals surface area contributed by atoms with Gasteiger partial charge in [-0.3, -0.25) is 0 Å². The monoisotopic (exact) mass is 357 g/mol. The van der Waals surface area contributed by atoms with E-state index < -0.39 is 0 Å². The third kappa shape index (κ3) is 2.10. The van der Waals surface area contributed by atoms with Gasteiger partial charge in [-0.1, -0.05) is 40.2 Å². The van der Waals surface area contributed by atoms with Crippen LogP contribution in [-0.4, -0.2) is 12.1 Å². The summed E-state index contributed by atoms with van der Waals surface area (Å²) in [5.74, 6) is 0.886. The minimum absolute atomic E-state index is 0.886. The fourth-order valence-electron chi connectivity index (χ4n) is 2.66. The van der Waals surface area contributed by atoms with Gasteiger partial charge in [-0.05, 0) is 23.8 Å². The molecule has 104 valence electrons. The summed E-state index contributed by atoms with van der Waals surface area (Å²) in [6, 6.07) is 14.5. The van der Waals surface area contributed by atoms with E-state index in [0.717, 1.165) is 32.9 Å². The van der Waals surface area contributed by atoms with Gasteiger partial charge in [0.1, 0.15) is 10.8 Å². The summed E-state index contributed by atoms with van der Waals surface area (Å²) >= 11 is 5.39. The highest BCUT2D eigenvalue weighted by Gasteiger charge is 2.24. The lowest BCUT2D eigenvalue weighted by atomic mass is 10.1. The van der Waals surface area contributed by atoms with Crippen LogP contribution >= 0.6 is 27.3 Å². The maximum Gasteiger partial charge on any atom is 0.125 e. The Balaban J connectivity index is 1.84. The lowest BCUT2D eigenvalue weighted by molar-refractivity contribution is 0.415. The van der Waals surface area contributed by atoms with Crippen LogP contribution < -0.4 is 4.74 Å². The van der Waals surface area contributed by atoms with Crippen molar-refractivity contribution in [2.24, 2.45) is 0 Å². The molecule has 0 atom stereocenters. The Morgan fingerprint density at radius 2 is 2.00 bits per heavy atom. The minimum atomic E-state index is 0.886. The van der Waals surface area contributed by atoms with Gasteiger partial charge in [0, 0.05) is 26.9 Å². The molecule has 0 spiro atoms. The molecule has 1 aromatic heterocycles. The lowest BCUT2D eigenvalue weighted by Crippen LogP contribution is -1.86. The summed E-state index contributed by atoms with van der Waals surface area (Å²) in [4.78, 5) is 6.21. The zero-order valence-corrected chi connectivity index (χ0v) is 13.8. The fourth-order valence-corrected chi connectivity index (χ4v) is 4.40. The fraction of sp³-hybridized carbons (Fsp3) is 0.118. The number of benzene rings is 2. The molecule has 1 aliphatic rings. The molecule has 1 aliphatic carbocycles. The van der Waals surface area contributed by atoms with Crippen molar-refractivity contribution in [3.63, 3.8) is 0 Å². The van der Waals surface area contributed by atoms with Crippen molar-refractivity contribution < 1.29 is 4.74 Å². The van der Waals surface area contributed by atoms with Crippen molar-refractivity contribution in [1.82, 2.24) is 4.98 Å². The van der Waals surface area contributed by atoms with Crippen LogP contribution in [0.5, 0.6) is 5.75 Å². The molecule has 21 heavy (non-hydrogen) atoms. The second-order valence-electron chi connectivity index (χ2n) is 4.97. The van der Waals surface area contributed by atoms with Crippen molar-refractivity contribution in [2.75, 3.05) is 7.11 Å². The Hall–Kier alpha value is -1.65. The Labute approximate surface area is 135 Å². The predicted molar refractivity (Wildman–Crippen MR) is 90.0 cm³/mol. The number of halogens is 1. The van der Waals surface area contributed by atoms with E-state index in [4.69, 9.17) is 9.72 Å². The average molecular weight is 358 g/mol. The van der Waals surface area contributed by atoms with E-state index in [1.54, 1.807) is 18.4 Å². The number of ether oxygens (including phenoxy) is 1. The first-order valence-corrected chi connectivity index (χ1v) is 8.29. The second-order valence-corrected chi connectivity index (χ2v) is 6.91. The van der Waals surface area contributed by atoms with Crippen molar-refractivity contribution in [2.45, 2.75) is 6.42 Å². The zero-order chi connectivity index (χ0) is 14.4. The molecule has 0 saturated carbocycles. The Bertz CT molecular complexity index is 841. The molecule has 0 aliphatic heterocycles. The summed E-state index contributed by atoms with van der Waals surface area (Å²) in [5.41, 5.74) is 4.81. The van der Waals surface area contributed by atoms with Crippen molar-refractivity contribution in [3.8, 4) is 27.6 Å². The first-order chi connectivity index (χ1) is 10.3. The number of methoxy groups -OCH3 is 1. The van der Waals surface area contributed by atoms with Crippen molar-refractivity contribution >= 4 is 27.3 Å². The summed E-state index contributed by atoms with van der Waals surface area (Å²) in [7, 11) is 1.70. The standard InChI is InChI=1S/C17H12BrNOS/c1-20-11-7-6-10-8-15-16(13(10)9-11)19-17(21-15)12-4-2-3-5-14(12)18/h2-7,9H,8H2,1H3. The van der Waals surface area contributed by atoms with Crippen molar-refractivity contribution in [3.05, 3.63) is 57.4 Å². The first-order valence-electron chi connectivity index (χ1n) is 6.68. The summed E-state index contributed by atoms with van der Waals surface area (Å²) in [6.45, 7) is 0. The molecule has 0 fully saturated rings. The largest absolute Gasteiger partial charge is 0.497 e. The topological polar surface area (TPSA) is 22.1 Å². The molecule has 2 aromatic carbocycles. The van der Waals surface area contributed by atoms with Gasteiger partial charge in [0.15, 0.2) is 0 Å². The molecule has 0 bridgehead atoms. The van der Waals surface area contributed by atoms with Gasteiger partial charge in [0.2, 0.25) is 0 Å². The highest BCUT2D eigenvalue weighted by Crippen LogP contribution is 2.44. The van der Waals surface area contributed by atoms with Crippen LogP contribution in [0.2, 0.25) is 0 Å². The molecule has 0 radical (unpaired) electrons. The van der Waals surface area contributed by atoms with Gasteiger partial charge in [-0.15, -0.1) is 11.3 Å². The Kier molecular flexibility index (Phi) is 3.08. The number of fused-ring (bicyclic) bond motifs is 3. The van der Waals surface area contributed by atoms with Gasteiger partial charge in [-0.25, -0.2) is 4.98 Å². The van der Waals surface area contributed by atoms with Crippen LogP contribution in [-0.2, 0) is 6.42 Å². The number of aromatic nitrogens is 1. The van der Waals surface area contributed by atoms with E-state index in [-0.39, 0.29) is 0 Å². The molecule has 4 heteroatoms. The average Bonchev–Trinajstić information content (AvgIpc) is 3.04. The highest BCUT2D eigenvalue weighted by atomic mass is 79.9. The van der Waals surface area contributed by atoms with Crippen LogP contribution in [0.25, 0.3) is 21.8 Å². The number of hydrogen-bond donors (Lipinski definition) is 0. The summed E-state index contributed by atoms with van der Waals surface area (Å²) < 4.78 is 6.42. The van der Waals surface area contributed by atoms with E-state index in [1.807, 2.05) is 18.2 Å². The molecule has 2 nitrogen and oxygen atoms in total. The Morgan fingerprint density at radius 1 is 1.14 bits per heavy atom. The highest BCUT2D eigenvalue weighted by molar-refractivity contribution is 9.10. The van der Waals surface area contributed by atoms with E-state index in [1.165, 1.54) is 16.0 Å². The van der Waals surface area contributed by atoms with Gasteiger partial charge in [-0.2, -0.15) is 0 Å². The van der Waals surface area contributed by atoms with Crippen molar-refractivity contribution in [1.29, 1.82) is 0 Å². The SMILES string of the molecule is COc1ccc2c(c1)-c1nc(-c3ccccc3Br)sc1C2. The van der Waals surface area contributed by atoms with E-state index >= 15 is 0 Å². The number of nitrogens with zero attached hydrogens (tertiary/aromatic N) is 1. The van der Waals surface area contributed by atoms with Gasteiger partial charge >= 0.3 is 0 Å². The van der Waals surface area contributed by atoms with Crippen LogP contribution in [0.4, 0.5) is 0 Å². The molecule has 1 heterocycles. The van der Waals surface area contributed by atoms with E-state index in [2.05, 4.69) is 40.2 Å². The lowest BCUT2D eigenvalue weighted by Gasteiger charge is -2.04. The maximum atomic E-state index is 5.33. The van der Waals surface area contributed by atoms with E-state index in [0.29, 0.717) is 0 Å². The van der Waals surface area contributed by atoms with Crippen LogP contribution in [0, 0.1) is 0 Å². The second kappa shape index (κ2) is 4.97. The summed E-state index contributed by atoms with van der Waals surface area (Å²) in [5, 5.41) is 1.07. The third-order valence-electron chi connectivity index (χ3n) is 3.72. The van der Waals surface area contributed by atoms with Gasteiger partial charge in [0.25, 0.3) is 0 Å². The quantitative estimate of drug-likeness (QED) is 0.494. The molecule has 0 amide bonds. The van der Waals surface area contributed by atoms with E-state index in [9.17, 15) is 0 Å². The number of rotatable bonds is 2. The molecule has 0 N–H and O–H groups in total. The Morgan fingerprint density at radius 3 is 2.81 bits per heavy atom. The first kappa shape index (κ1) is 13.0. The molecular weight excluding hydrogens is 346 g/mol. The van der Waals surface area contributed by atoms with Crippen LogP contribution in [0.3, 0.4) is 0 Å². The predicted octanol–water partition coefficient (Wildman–Crippen LogP) is 5.15. The molecule has 0 unspecified atom stereocenters. The normalized spacial score (nSPS) is 12.1. The van der Waals surface area contributed by atoms with Gasteiger partial charge < -0.3 is 4.74 Å². The van der Waals surface area contributed by atoms with Crippen LogP contribution in [0.15, 0.2) is 46.9 Å². The molecular formula is C17H12BrNOS.